The smallest absolute Gasteiger partial charge is 0.239 e. The van der Waals surface area contributed by atoms with Crippen LogP contribution in [0.5, 0.6) is 0 Å². The van der Waals surface area contributed by atoms with Gasteiger partial charge in [0.25, 0.3) is 0 Å². The fourth-order valence-electron chi connectivity index (χ4n) is 3.83. The van der Waals surface area contributed by atoms with Crippen LogP contribution in [0.3, 0.4) is 0 Å². The van der Waals surface area contributed by atoms with Crippen molar-refractivity contribution in [3.05, 3.63) is 30.2 Å². The van der Waals surface area contributed by atoms with Crippen molar-refractivity contribution >= 4 is 17.0 Å². The van der Waals surface area contributed by atoms with E-state index in [0.717, 1.165) is 42.9 Å². The first-order chi connectivity index (χ1) is 12.2. The zero-order valence-electron chi connectivity index (χ0n) is 14.7. The van der Waals surface area contributed by atoms with E-state index in [1.807, 2.05) is 36.1 Å². The third kappa shape index (κ3) is 3.41. The predicted molar refractivity (Wildman–Crippen MR) is 94.4 cm³/mol. The number of nitrogens with zero attached hydrogens (tertiary/aromatic N) is 3. The Balaban J connectivity index is 1.45. The van der Waals surface area contributed by atoms with Crippen molar-refractivity contribution in [2.75, 3.05) is 39.4 Å². The molecule has 6 heteroatoms. The van der Waals surface area contributed by atoms with Crippen molar-refractivity contribution in [2.24, 2.45) is 0 Å². The number of hydrogen-bond donors (Lipinski definition) is 0. The van der Waals surface area contributed by atoms with E-state index in [1.165, 1.54) is 0 Å². The van der Waals surface area contributed by atoms with Crippen molar-refractivity contribution in [3.63, 3.8) is 0 Å². The van der Waals surface area contributed by atoms with Crippen molar-refractivity contribution in [1.82, 2.24) is 14.8 Å². The lowest BCUT2D eigenvalue weighted by Crippen LogP contribution is -2.52. The van der Waals surface area contributed by atoms with Crippen LogP contribution in [0.2, 0.25) is 0 Å². The number of aromatic nitrogens is 1. The molecule has 2 saturated heterocycles. The molecule has 6 nitrogen and oxygen atoms in total. The number of likely N-dealkylation sites (tertiary alicyclic amines) is 1. The van der Waals surface area contributed by atoms with Crippen LogP contribution in [-0.4, -0.2) is 66.1 Å². The van der Waals surface area contributed by atoms with Gasteiger partial charge in [0.05, 0.1) is 19.3 Å². The summed E-state index contributed by atoms with van der Waals surface area (Å²) in [5.41, 5.74) is 1.75. The van der Waals surface area contributed by atoms with E-state index in [4.69, 9.17) is 9.15 Å². The van der Waals surface area contributed by atoms with Gasteiger partial charge in [-0.2, -0.15) is 0 Å². The molecule has 2 atom stereocenters. The molecule has 1 aromatic heterocycles. The Labute approximate surface area is 147 Å². The van der Waals surface area contributed by atoms with Crippen LogP contribution in [0.15, 0.2) is 28.7 Å². The van der Waals surface area contributed by atoms with Crippen LogP contribution < -0.4 is 0 Å². The monoisotopic (exact) mass is 343 g/mol. The molecule has 25 heavy (non-hydrogen) atoms. The number of rotatable bonds is 3. The molecule has 0 N–H and O–H groups in total. The third-order valence-corrected chi connectivity index (χ3v) is 5.34. The van der Waals surface area contributed by atoms with Crippen molar-refractivity contribution in [2.45, 2.75) is 31.7 Å². The Morgan fingerprint density at radius 3 is 2.84 bits per heavy atom. The summed E-state index contributed by atoms with van der Waals surface area (Å²) in [6.07, 6.45) is 2.12. The number of carbonyl (C=O) groups is 1. The maximum atomic E-state index is 12.8. The van der Waals surface area contributed by atoms with E-state index in [1.54, 1.807) is 0 Å². The van der Waals surface area contributed by atoms with Crippen LogP contribution >= 0.6 is 0 Å². The molecule has 0 unspecified atom stereocenters. The topological polar surface area (TPSA) is 58.8 Å². The first-order valence-electron chi connectivity index (χ1n) is 9.18. The highest BCUT2D eigenvalue weighted by Gasteiger charge is 2.32. The number of morpholine rings is 1. The molecule has 1 amide bonds. The van der Waals surface area contributed by atoms with Crippen molar-refractivity contribution in [1.29, 1.82) is 0 Å². The summed E-state index contributed by atoms with van der Waals surface area (Å²) < 4.78 is 11.3. The van der Waals surface area contributed by atoms with Gasteiger partial charge in [0.15, 0.2) is 11.5 Å². The number of ether oxygens (including phenoxy) is 1. The summed E-state index contributed by atoms with van der Waals surface area (Å²) in [4.78, 5) is 21.6. The van der Waals surface area contributed by atoms with Gasteiger partial charge in [-0.05, 0) is 38.4 Å². The Kier molecular flexibility index (Phi) is 4.72. The second-order valence-electron chi connectivity index (χ2n) is 6.97. The normalized spacial score (nSPS) is 23.7. The Morgan fingerprint density at radius 1 is 1.24 bits per heavy atom. The summed E-state index contributed by atoms with van der Waals surface area (Å²) in [5.74, 6) is 1.26. The average molecular weight is 343 g/mol. The summed E-state index contributed by atoms with van der Waals surface area (Å²) in [5, 5.41) is 0. The van der Waals surface area contributed by atoms with Gasteiger partial charge in [-0.1, -0.05) is 12.1 Å². The minimum Gasteiger partial charge on any atom is -0.440 e. The molecule has 2 fully saturated rings. The first kappa shape index (κ1) is 16.5. The van der Waals surface area contributed by atoms with Gasteiger partial charge in [0.1, 0.15) is 5.52 Å². The maximum Gasteiger partial charge on any atom is 0.239 e. The number of benzene rings is 1. The number of fused-ring (bicyclic) bond motifs is 1. The molecular formula is C19H25N3O3. The van der Waals surface area contributed by atoms with Gasteiger partial charge in [0.2, 0.25) is 5.91 Å². The van der Waals surface area contributed by atoms with Gasteiger partial charge < -0.3 is 14.1 Å². The molecule has 1 aromatic carbocycles. The van der Waals surface area contributed by atoms with E-state index in [9.17, 15) is 4.79 Å². The lowest BCUT2D eigenvalue weighted by molar-refractivity contribution is -0.141. The van der Waals surface area contributed by atoms with Crippen molar-refractivity contribution < 1.29 is 13.9 Å². The summed E-state index contributed by atoms with van der Waals surface area (Å²) in [6, 6.07) is 7.77. The Morgan fingerprint density at radius 2 is 2.04 bits per heavy atom. The molecular weight excluding hydrogens is 318 g/mol. The number of oxazole rings is 1. The third-order valence-electron chi connectivity index (χ3n) is 5.34. The fourth-order valence-corrected chi connectivity index (χ4v) is 3.83. The zero-order valence-corrected chi connectivity index (χ0v) is 14.7. The Bertz CT molecular complexity index is 705. The quantitative estimate of drug-likeness (QED) is 0.855. The van der Waals surface area contributed by atoms with Crippen LogP contribution in [0, 0.1) is 0 Å². The largest absolute Gasteiger partial charge is 0.440 e. The number of carbonyl (C=O) groups excluding carboxylic acids is 1. The number of amides is 1. The van der Waals surface area contributed by atoms with Crippen LogP contribution in [0.4, 0.5) is 0 Å². The van der Waals surface area contributed by atoms with Crippen LogP contribution in [0.1, 0.15) is 31.6 Å². The summed E-state index contributed by atoms with van der Waals surface area (Å²) in [6.45, 7) is 6.48. The number of piperidine rings is 1. The Hall–Kier alpha value is -1.92. The van der Waals surface area contributed by atoms with E-state index < -0.39 is 0 Å². The molecule has 3 heterocycles. The van der Waals surface area contributed by atoms with Crippen LogP contribution in [0.25, 0.3) is 11.1 Å². The fraction of sp³-hybridized carbons (Fsp3) is 0.579. The standard InChI is InChI=1S/C19H25N3O3/c1-14(19(23)21-9-11-24-12-10-21)22-8-4-5-15(13-22)18-20-16-6-2-3-7-17(16)25-18/h2-3,6-7,14-15H,4-5,8-13H2,1H3/t14-,15-/m0/s1. The highest BCUT2D eigenvalue weighted by molar-refractivity contribution is 5.81. The van der Waals surface area contributed by atoms with Crippen LogP contribution in [-0.2, 0) is 9.53 Å². The predicted octanol–water partition coefficient (Wildman–Crippen LogP) is 2.25. The molecule has 0 saturated carbocycles. The molecule has 134 valence electrons. The second kappa shape index (κ2) is 7.14. The lowest BCUT2D eigenvalue weighted by Gasteiger charge is -2.38. The molecule has 2 aromatic rings. The minimum atomic E-state index is -0.106. The lowest BCUT2D eigenvalue weighted by atomic mass is 9.96. The van der Waals surface area contributed by atoms with E-state index in [-0.39, 0.29) is 17.9 Å². The SMILES string of the molecule is C[C@@H](C(=O)N1CCOCC1)N1CCC[C@H](c2nc3ccccc3o2)C1. The molecule has 0 spiro atoms. The highest BCUT2D eigenvalue weighted by atomic mass is 16.5. The maximum absolute atomic E-state index is 12.8. The molecule has 0 aliphatic carbocycles. The van der Waals surface area contributed by atoms with Gasteiger partial charge >= 0.3 is 0 Å². The van der Waals surface area contributed by atoms with Gasteiger partial charge in [0, 0.05) is 25.6 Å². The van der Waals surface area contributed by atoms with Gasteiger partial charge in [-0.3, -0.25) is 9.69 Å². The summed E-state index contributed by atoms with van der Waals surface area (Å²) in [7, 11) is 0. The highest BCUT2D eigenvalue weighted by Crippen LogP contribution is 2.30. The van der Waals surface area contributed by atoms with E-state index in [2.05, 4.69) is 9.88 Å². The van der Waals surface area contributed by atoms with Gasteiger partial charge in [-0.15, -0.1) is 0 Å². The molecule has 2 aliphatic rings. The average Bonchev–Trinajstić information content (AvgIpc) is 3.12. The number of para-hydroxylation sites is 2. The zero-order chi connectivity index (χ0) is 17.2. The molecule has 0 bridgehead atoms. The van der Waals surface area contributed by atoms with E-state index in [0.29, 0.717) is 26.3 Å². The van der Waals surface area contributed by atoms with E-state index >= 15 is 0 Å². The number of hydrogen-bond acceptors (Lipinski definition) is 5. The molecule has 0 radical (unpaired) electrons. The van der Waals surface area contributed by atoms with Gasteiger partial charge in [-0.25, -0.2) is 4.98 Å². The summed E-state index contributed by atoms with van der Waals surface area (Å²) >= 11 is 0. The van der Waals surface area contributed by atoms with Crippen molar-refractivity contribution in [3.8, 4) is 0 Å². The molecule has 4 rings (SSSR count). The minimum absolute atomic E-state index is 0.106. The second-order valence-corrected chi connectivity index (χ2v) is 6.97. The molecule has 2 aliphatic heterocycles. The first-order valence-corrected chi connectivity index (χ1v) is 9.18.